The zero-order valence-electron chi connectivity index (χ0n) is 12.8. The minimum Gasteiger partial charge on any atom is -0.494 e. The van der Waals surface area contributed by atoms with Crippen LogP contribution in [0, 0.1) is 0 Å². The van der Waals surface area contributed by atoms with Crippen LogP contribution in [0.15, 0.2) is 30.3 Å². The molecule has 0 amide bonds. The molecule has 0 aliphatic rings. The van der Waals surface area contributed by atoms with Crippen LogP contribution in [0.3, 0.4) is 0 Å². The van der Waals surface area contributed by atoms with Crippen LogP contribution in [0.25, 0.3) is 6.08 Å². The molecule has 1 rings (SSSR count). The number of benzene rings is 1. The highest BCUT2D eigenvalue weighted by atomic mass is 16.6. The van der Waals surface area contributed by atoms with Crippen LogP contribution in [0.1, 0.15) is 46.1 Å². The molecule has 20 heavy (non-hydrogen) atoms. The van der Waals surface area contributed by atoms with E-state index < -0.39 is 5.60 Å². The molecule has 3 heteroatoms. The molecule has 0 aliphatic heterocycles. The van der Waals surface area contributed by atoms with Gasteiger partial charge >= 0.3 is 5.97 Å². The van der Waals surface area contributed by atoms with Crippen LogP contribution in [0.4, 0.5) is 0 Å². The number of hydrogen-bond acceptors (Lipinski definition) is 3. The first-order chi connectivity index (χ1) is 9.40. The van der Waals surface area contributed by atoms with E-state index in [9.17, 15) is 4.79 Å². The van der Waals surface area contributed by atoms with Crippen LogP contribution in [-0.4, -0.2) is 18.2 Å². The maximum absolute atomic E-state index is 11.5. The second kappa shape index (κ2) is 7.73. The van der Waals surface area contributed by atoms with Gasteiger partial charge in [0.25, 0.3) is 0 Å². The molecule has 3 nitrogen and oxygen atoms in total. The quantitative estimate of drug-likeness (QED) is 0.443. The van der Waals surface area contributed by atoms with Crippen LogP contribution < -0.4 is 4.74 Å². The van der Waals surface area contributed by atoms with Crippen molar-refractivity contribution in [1.29, 1.82) is 0 Å². The lowest BCUT2D eigenvalue weighted by atomic mass is 10.2. The Labute approximate surface area is 121 Å². The third-order valence-corrected chi connectivity index (χ3v) is 2.47. The molecule has 110 valence electrons. The summed E-state index contributed by atoms with van der Waals surface area (Å²) in [6, 6.07) is 7.65. The van der Waals surface area contributed by atoms with Crippen molar-refractivity contribution in [2.75, 3.05) is 6.61 Å². The summed E-state index contributed by atoms with van der Waals surface area (Å²) in [5.74, 6) is 0.522. The standard InChI is InChI=1S/C17H24O3/c1-5-6-13-19-15-10-7-14(8-11-15)9-12-16(18)20-17(2,3)4/h7-12H,5-6,13H2,1-4H3. The molecule has 0 bridgehead atoms. The number of hydrogen-bond donors (Lipinski definition) is 0. The second-order valence-electron chi connectivity index (χ2n) is 5.64. The molecule has 0 radical (unpaired) electrons. The molecule has 0 N–H and O–H groups in total. The van der Waals surface area contributed by atoms with Crippen LogP contribution in [-0.2, 0) is 9.53 Å². The zero-order valence-corrected chi connectivity index (χ0v) is 12.8. The average Bonchev–Trinajstić information content (AvgIpc) is 2.36. The maximum Gasteiger partial charge on any atom is 0.331 e. The molecule has 0 aliphatic carbocycles. The van der Waals surface area contributed by atoms with E-state index >= 15 is 0 Å². The number of carbonyl (C=O) groups is 1. The first-order valence-corrected chi connectivity index (χ1v) is 7.04. The Hall–Kier alpha value is -1.77. The fourth-order valence-electron chi connectivity index (χ4n) is 1.51. The van der Waals surface area contributed by atoms with Crippen LogP contribution >= 0.6 is 0 Å². The Bertz CT molecular complexity index is 438. The lowest BCUT2D eigenvalue weighted by molar-refractivity contribution is -0.148. The molecular weight excluding hydrogens is 252 g/mol. The van der Waals surface area contributed by atoms with Crippen molar-refractivity contribution in [3.8, 4) is 5.75 Å². The first kappa shape index (κ1) is 16.3. The first-order valence-electron chi connectivity index (χ1n) is 7.04. The monoisotopic (exact) mass is 276 g/mol. The van der Waals surface area contributed by atoms with Gasteiger partial charge in [-0.05, 0) is 51.0 Å². The van der Waals surface area contributed by atoms with Gasteiger partial charge in [0, 0.05) is 6.08 Å². The van der Waals surface area contributed by atoms with E-state index in [1.54, 1.807) is 6.08 Å². The van der Waals surface area contributed by atoms with E-state index in [0.29, 0.717) is 0 Å². The van der Waals surface area contributed by atoms with Gasteiger partial charge in [0.05, 0.1) is 6.61 Å². The van der Waals surface area contributed by atoms with Crippen molar-refractivity contribution in [3.05, 3.63) is 35.9 Å². The normalized spacial score (nSPS) is 11.6. The van der Waals surface area contributed by atoms with E-state index in [-0.39, 0.29) is 5.97 Å². The molecule has 0 saturated carbocycles. The van der Waals surface area contributed by atoms with Crippen molar-refractivity contribution in [2.45, 2.75) is 46.1 Å². The predicted octanol–water partition coefficient (Wildman–Crippen LogP) is 4.22. The highest BCUT2D eigenvalue weighted by molar-refractivity contribution is 5.87. The summed E-state index contributed by atoms with van der Waals surface area (Å²) in [4.78, 5) is 11.5. The molecule has 0 heterocycles. The van der Waals surface area contributed by atoms with Gasteiger partial charge in [-0.3, -0.25) is 0 Å². The van der Waals surface area contributed by atoms with Gasteiger partial charge in [-0.15, -0.1) is 0 Å². The summed E-state index contributed by atoms with van der Waals surface area (Å²) < 4.78 is 10.8. The van der Waals surface area contributed by atoms with Gasteiger partial charge in [-0.25, -0.2) is 4.79 Å². The Morgan fingerprint density at radius 1 is 1.20 bits per heavy atom. The predicted molar refractivity (Wildman–Crippen MR) is 81.7 cm³/mol. The van der Waals surface area contributed by atoms with Crippen LogP contribution in [0.2, 0.25) is 0 Å². The molecule has 0 spiro atoms. The Morgan fingerprint density at radius 3 is 2.40 bits per heavy atom. The minimum absolute atomic E-state index is 0.333. The molecule has 0 unspecified atom stereocenters. The van der Waals surface area contributed by atoms with Crippen molar-refractivity contribution >= 4 is 12.0 Å². The van der Waals surface area contributed by atoms with E-state index in [1.165, 1.54) is 6.08 Å². The Balaban J connectivity index is 2.50. The van der Waals surface area contributed by atoms with Crippen molar-refractivity contribution in [1.82, 2.24) is 0 Å². The number of unbranched alkanes of at least 4 members (excludes halogenated alkanes) is 1. The van der Waals surface area contributed by atoms with E-state index in [1.807, 2.05) is 45.0 Å². The highest BCUT2D eigenvalue weighted by Gasteiger charge is 2.13. The largest absolute Gasteiger partial charge is 0.494 e. The van der Waals surface area contributed by atoms with Gasteiger partial charge < -0.3 is 9.47 Å². The molecule has 1 aromatic rings. The fraction of sp³-hybridized carbons (Fsp3) is 0.471. The molecule has 0 aromatic heterocycles. The highest BCUT2D eigenvalue weighted by Crippen LogP contribution is 2.14. The fourth-order valence-corrected chi connectivity index (χ4v) is 1.51. The number of carbonyl (C=O) groups excluding carboxylic acids is 1. The van der Waals surface area contributed by atoms with E-state index in [0.717, 1.165) is 30.8 Å². The summed E-state index contributed by atoms with van der Waals surface area (Å²) in [5, 5.41) is 0. The van der Waals surface area contributed by atoms with Crippen molar-refractivity contribution in [2.24, 2.45) is 0 Å². The summed E-state index contributed by atoms with van der Waals surface area (Å²) in [7, 11) is 0. The minimum atomic E-state index is -0.460. The topological polar surface area (TPSA) is 35.5 Å². The summed E-state index contributed by atoms with van der Waals surface area (Å²) >= 11 is 0. The van der Waals surface area contributed by atoms with Gasteiger partial charge in [0.2, 0.25) is 0 Å². The van der Waals surface area contributed by atoms with E-state index in [4.69, 9.17) is 9.47 Å². The average molecular weight is 276 g/mol. The maximum atomic E-state index is 11.5. The smallest absolute Gasteiger partial charge is 0.331 e. The van der Waals surface area contributed by atoms with Crippen LogP contribution in [0.5, 0.6) is 5.75 Å². The van der Waals surface area contributed by atoms with Gasteiger partial charge in [-0.2, -0.15) is 0 Å². The second-order valence-corrected chi connectivity index (χ2v) is 5.64. The van der Waals surface area contributed by atoms with Crippen molar-refractivity contribution in [3.63, 3.8) is 0 Å². The van der Waals surface area contributed by atoms with Gasteiger partial charge in [0.15, 0.2) is 0 Å². The summed E-state index contributed by atoms with van der Waals surface area (Å²) in [6.45, 7) is 8.42. The Kier molecular flexibility index (Phi) is 6.29. The molecule has 1 aromatic carbocycles. The summed E-state index contributed by atoms with van der Waals surface area (Å²) in [5.41, 5.74) is 0.483. The molecule has 0 saturated heterocycles. The SMILES string of the molecule is CCCCOc1ccc(C=CC(=O)OC(C)(C)C)cc1. The molecular formula is C17H24O3. The number of ether oxygens (including phenoxy) is 2. The van der Waals surface area contributed by atoms with E-state index in [2.05, 4.69) is 6.92 Å². The van der Waals surface area contributed by atoms with Gasteiger partial charge in [0.1, 0.15) is 11.4 Å². The molecule has 0 atom stereocenters. The number of esters is 1. The lowest BCUT2D eigenvalue weighted by Gasteiger charge is -2.17. The number of rotatable bonds is 6. The van der Waals surface area contributed by atoms with Crippen molar-refractivity contribution < 1.29 is 14.3 Å². The third-order valence-electron chi connectivity index (χ3n) is 2.47. The third kappa shape index (κ3) is 6.98. The summed E-state index contributed by atoms with van der Waals surface area (Å²) in [6.07, 6.45) is 5.36. The Morgan fingerprint density at radius 2 is 1.85 bits per heavy atom. The zero-order chi connectivity index (χ0) is 15.0. The van der Waals surface area contributed by atoms with Gasteiger partial charge in [-0.1, -0.05) is 25.5 Å². The molecule has 0 fully saturated rings. The lowest BCUT2D eigenvalue weighted by Crippen LogP contribution is -2.22.